The van der Waals surface area contributed by atoms with Crippen LogP contribution in [0.15, 0.2) is 49.1 Å². The largest absolute Gasteiger partial charge is 0.478 e. The number of nitrogens with zero attached hydrogens (tertiary/aromatic N) is 2. The smallest absolute Gasteiger partial charge is 0.339 e. The Hall–Kier alpha value is -2.76. The lowest BCUT2D eigenvalue weighted by molar-refractivity contribution is 0.0599. The third-order valence-electron chi connectivity index (χ3n) is 2.01. The van der Waals surface area contributed by atoms with Gasteiger partial charge in [0.2, 0.25) is 0 Å². The summed E-state index contributed by atoms with van der Waals surface area (Å²) in [6.07, 6.45) is 5.96. The van der Waals surface area contributed by atoms with Crippen LogP contribution in [0.3, 0.4) is 0 Å². The maximum atomic E-state index is 10.8. The Morgan fingerprint density at radius 1 is 1.05 bits per heavy atom. The number of carboxylic acid groups (broad SMARTS) is 1. The molecule has 0 aromatic carbocycles. The van der Waals surface area contributed by atoms with Crippen molar-refractivity contribution >= 4 is 11.9 Å². The summed E-state index contributed by atoms with van der Waals surface area (Å²) in [7, 11) is 1.34. The quantitative estimate of drug-likeness (QED) is 0.826. The second kappa shape index (κ2) is 7.54. The van der Waals surface area contributed by atoms with Gasteiger partial charge in [0.1, 0.15) is 0 Å². The Morgan fingerprint density at radius 3 is 2.16 bits per heavy atom. The molecule has 0 radical (unpaired) electrons. The van der Waals surface area contributed by atoms with Gasteiger partial charge in [-0.15, -0.1) is 0 Å². The number of methoxy groups -OCH3 is 1. The summed E-state index contributed by atoms with van der Waals surface area (Å²) >= 11 is 0. The SMILES string of the molecule is COC(=O)c1cccnc1.O=C(O)c1ccncc1. The van der Waals surface area contributed by atoms with Crippen LogP contribution in [0.1, 0.15) is 20.7 Å². The van der Waals surface area contributed by atoms with E-state index in [4.69, 9.17) is 5.11 Å². The number of carbonyl (C=O) groups is 2. The molecular weight excluding hydrogens is 248 g/mol. The molecule has 0 aliphatic heterocycles. The van der Waals surface area contributed by atoms with Gasteiger partial charge in [-0.05, 0) is 24.3 Å². The number of carboxylic acids is 1. The van der Waals surface area contributed by atoms with Crippen LogP contribution in [-0.2, 0) is 4.74 Å². The lowest BCUT2D eigenvalue weighted by Gasteiger charge is -1.94. The average molecular weight is 260 g/mol. The minimum absolute atomic E-state index is 0.269. The summed E-state index contributed by atoms with van der Waals surface area (Å²) < 4.78 is 4.46. The topological polar surface area (TPSA) is 89.4 Å². The molecule has 19 heavy (non-hydrogen) atoms. The zero-order valence-corrected chi connectivity index (χ0v) is 10.2. The molecule has 98 valence electrons. The number of rotatable bonds is 2. The first kappa shape index (κ1) is 14.3. The first-order valence-electron chi connectivity index (χ1n) is 5.27. The van der Waals surface area contributed by atoms with E-state index >= 15 is 0 Å². The van der Waals surface area contributed by atoms with E-state index in [1.807, 2.05) is 0 Å². The standard InChI is InChI=1S/C7H7NO2.C6H5NO2/c1-10-7(9)6-3-2-4-8-5-6;8-6(9)5-1-3-7-4-2-5/h2-5H,1H3;1-4H,(H,8,9). The van der Waals surface area contributed by atoms with E-state index in [0.29, 0.717) is 5.56 Å². The molecule has 6 nitrogen and oxygen atoms in total. The average Bonchev–Trinajstić information content (AvgIpc) is 2.49. The normalized spacial score (nSPS) is 8.89. The third-order valence-corrected chi connectivity index (χ3v) is 2.01. The lowest BCUT2D eigenvalue weighted by atomic mass is 10.3. The fourth-order valence-electron chi connectivity index (χ4n) is 1.10. The van der Waals surface area contributed by atoms with Crippen LogP contribution >= 0.6 is 0 Å². The van der Waals surface area contributed by atoms with Crippen molar-refractivity contribution < 1.29 is 19.4 Å². The zero-order valence-electron chi connectivity index (χ0n) is 10.2. The highest BCUT2D eigenvalue weighted by molar-refractivity contribution is 5.88. The van der Waals surface area contributed by atoms with Gasteiger partial charge in [0.15, 0.2) is 0 Å². The number of hydrogen-bond acceptors (Lipinski definition) is 5. The fraction of sp³-hybridized carbons (Fsp3) is 0.0769. The van der Waals surface area contributed by atoms with Crippen molar-refractivity contribution in [1.82, 2.24) is 9.97 Å². The highest BCUT2D eigenvalue weighted by atomic mass is 16.5. The Bertz CT molecular complexity index is 529. The molecule has 0 aliphatic rings. The first-order chi connectivity index (χ1) is 9.15. The molecule has 0 amide bonds. The molecule has 2 heterocycles. The minimum Gasteiger partial charge on any atom is -0.478 e. The third kappa shape index (κ3) is 4.95. The predicted octanol–water partition coefficient (Wildman–Crippen LogP) is 1.65. The molecule has 0 saturated heterocycles. The summed E-state index contributed by atoms with van der Waals surface area (Å²) in [4.78, 5) is 28.3. The highest BCUT2D eigenvalue weighted by Gasteiger charge is 2.01. The van der Waals surface area contributed by atoms with E-state index in [0.717, 1.165) is 0 Å². The maximum absolute atomic E-state index is 10.8. The predicted molar refractivity (Wildman–Crippen MR) is 66.8 cm³/mol. The Morgan fingerprint density at radius 2 is 1.74 bits per heavy atom. The summed E-state index contributed by atoms with van der Waals surface area (Å²) in [5, 5.41) is 8.36. The Kier molecular flexibility index (Phi) is 5.68. The maximum Gasteiger partial charge on any atom is 0.339 e. The number of pyridine rings is 2. The number of ether oxygens (including phenoxy) is 1. The lowest BCUT2D eigenvalue weighted by Crippen LogP contribution is -2.00. The van der Waals surface area contributed by atoms with Gasteiger partial charge >= 0.3 is 11.9 Å². The number of carbonyl (C=O) groups excluding carboxylic acids is 1. The van der Waals surface area contributed by atoms with Crippen LogP contribution in [0.5, 0.6) is 0 Å². The van der Waals surface area contributed by atoms with Crippen molar-refractivity contribution in [2.24, 2.45) is 0 Å². The first-order valence-corrected chi connectivity index (χ1v) is 5.27. The van der Waals surface area contributed by atoms with Crippen LogP contribution in [0, 0.1) is 0 Å². The molecular formula is C13H12N2O4. The van der Waals surface area contributed by atoms with Gasteiger partial charge in [-0.2, -0.15) is 0 Å². The molecule has 2 aromatic heterocycles. The van der Waals surface area contributed by atoms with Crippen LogP contribution in [0.2, 0.25) is 0 Å². The zero-order chi connectivity index (χ0) is 14.1. The van der Waals surface area contributed by atoms with Gasteiger partial charge in [0, 0.05) is 24.8 Å². The van der Waals surface area contributed by atoms with Gasteiger partial charge < -0.3 is 9.84 Å². The van der Waals surface area contributed by atoms with Gasteiger partial charge in [0.25, 0.3) is 0 Å². The van der Waals surface area contributed by atoms with E-state index in [2.05, 4.69) is 14.7 Å². The summed E-state index contributed by atoms with van der Waals surface area (Å²) in [5.74, 6) is -1.27. The van der Waals surface area contributed by atoms with Gasteiger partial charge in [-0.1, -0.05) is 0 Å². The van der Waals surface area contributed by atoms with E-state index in [1.165, 1.54) is 37.8 Å². The molecule has 0 aliphatic carbocycles. The van der Waals surface area contributed by atoms with Crippen LogP contribution < -0.4 is 0 Å². The van der Waals surface area contributed by atoms with Crippen molar-refractivity contribution in [3.63, 3.8) is 0 Å². The summed E-state index contributed by atoms with van der Waals surface area (Å²) in [6.45, 7) is 0. The summed E-state index contributed by atoms with van der Waals surface area (Å²) in [6, 6.07) is 6.23. The van der Waals surface area contributed by atoms with Crippen LogP contribution in [0.4, 0.5) is 0 Å². The fourth-order valence-corrected chi connectivity index (χ4v) is 1.10. The van der Waals surface area contributed by atoms with Crippen LogP contribution in [0.25, 0.3) is 0 Å². The minimum atomic E-state index is -0.919. The van der Waals surface area contributed by atoms with E-state index in [1.54, 1.807) is 18.3 Å². The molecule has 2 rings (SSSR count). The number of hydrogen-bond donors (Lipinski definition) is 1. The second-order valence-electron chi connectivity index (χ2n) is 3.27. The molecule has 0 unspecified atom stereocenters. The monoisotopic (exact) mass is 260 g/mol. The Balaban J connectivity index is 0.000000191. The molecule has 0 saturated carbocycles. The van der Waals surface area contributed by atoms with Crippen LogP contribution in [-0.4, -0.2) is 34.1 Å². The Labute approximate surface area is 109 Å². The van der Waals surface area contributed by atoms with Crippen molar-refractivity contribution in [2.75, 3.05) is 7.11 Å². The molecule has 0 bridgehead atoms. The van der Waals surface area contributed by atoms with Gasteiger partial charge in [0.05, 0.1) is 18.2 Å². The second-order valence-corrected chi connectivity index (χ2v) is 3.27. The van der Waals surface area contributed by atoms with Crippen molar-refractivity contribution in [3.05, 3.63) is 60.2 Å². The van der Waals surface area contributed by atoms with Gasteiger partial charge in [-0.3, -0.25) is 9.97 Å². The van der Waals surface area contributed by atoms with Crippen molar-refractivity contribution in [2.45, 2.75) is 0 Å². The van der Waals surface area contributed by atoms with Crippen molar-refractivity contribution in [3.8, 4) is 0 Å². The van der Waals surface area contributed by atoms with Gasteiger partial charge in [-0.25, -0.2) is 9.59 Å². The number of esters is 1. The van der Waals surface area contributed by atoms with Crippen molar-refractivity contribution in [1.29, 1.82) is 0 Å². The highest BCUT2D eigenvalue weighted by Crippen LogP contribution is 1.96. The number of aromatic carboxylic acids is 1. The number of aromatic nitrogens is 2. The van der Waals surface area contributed by atoms with E-state index in [-0.39, 0.29) is 11.5 Å². The molecule has 0 atom stereocenters. The molecule has 1 N–H and O–H groups in total. The summed E-state index contributed by atoms with van der Waals surface area (Å²) in [5.41, 5.74) is 0.745. The molecule has 0 spiro atoms. The molecule has 6 heteroatoms. The molecule has 2 aromatic rings. The van der Waals surface area contributed by atoms with E-state index < -0.39 is 5.97 Å². The van der Waals surface area contributed by atoms with E-state index in [9.17, 15) is 9.59 Å². The molecule has 0 fully saturated rings.